The molecule has 35 heavy (non-hydrogen) atoms. The van der Waals surface area contributed by atoms with Crippen LogP contribution in [0.5, 0.6) is 0 Å². The van der Waals surface area contributed by atoms with Gasteiger partial charge in [-0.3, -0.25) is 14.6 Å². The number of pyridine rings is 1. The molecule has 2 N–H and O–H groups in total. The van der Waals surface area contributed by atoms with E-state index < -0.39 is 0 Å². The summed E-state index contributed by atoms with van der Waals surface area (Å²) < 4.78 is 6.87. The van der Waals surface area contributed by atoms with Crippen molar-refractivity contribution in [2.45, 2.75) is 19.3 Å². The molecule has 3 aromatic rings. The van der Waals surface area contributed by atoms with Gasteiger partial charge in [0.1, 0.15) is 12.4 Å². The van der Waals surface area contributed by atoms with Gasteiger partial charge in [0, 0.05) is 44.3 Å². The van der Waals surface area contributed by atoms with E-state index in [-0.39, 0.29) is 18.4 Å². The Morgan fingerprint density at radius 1 is 1.20 bits per heavy atom. The summed E-state index contributed by atoms with van der Waals surface area (Å²) in [4.78, 5) is 34.6. The third-order valence-corrected chi connectivity index (χ3v) is 8.08. The molecule has 0 saturated heterocycles. The highest BCUT2D eigenvalue weighted by molar-refractivity contribution is 6.08. The molecule has 2 fully saturated rings. The second-order valence-corrected chi connectivity index (χ2v) is 10.1. The smallest absolute Gasteiger partial charge is 0.253 e. The van der Waals surface area contributed by atoms with Crippen molar-refractivity contribution < 1.29 is 14.3 Å². The van der Waals surface area contributed by atoms with Crippen LogP contribution in [0.15, 0.2) is 48.8 Å². The number of nitrogens with zero attached hydrogens (tertiary/aromatic N) is 3. The van der Waals surface area contributed by atoms with Crippen LogP contribution in [0.1, 0.15) is 29.6 Å². The second kappa shape index (κ2) is 8.30. The molecule has 0 unspecified atom stereocenters. The molecule has 1 aromatic carbocycles. The molecule has 2 saturated carbocycles. The van der Waals surface area contributed by atoms with Crippen molar-refractivity contribution in [1.82, 2.24) is 19.9 Å². The van der Waals surface area contributed by atoms with Gasteiger partial charge >= 0.3 is 0 Å². The van der Waals surface area contributed by atoms with Gasteiger partial charge in [0.2, 0.25) is 5.91 Å². The molecule has 3 aliphatic carbocycles. The molecule has 6 rings (SSSR count). The molecule has 3 atom stereocenters. The first-order chi connectivity index (χ1) is 17.0. The SMILES string of the molecule is COCC(=O)Nc1cc(C(=O)NC[C@H]2C[C@H]3C=C[C@@H]2C32CC2)c2c(c1)nc(-c1ccncc1)n2C. The summed E-state index contributed by atoms with van der Waals surface area (Å²) in [6.45, 7) is 0.590. The number of aryl methyl sites for hydroxylation is 1. The molecule has 1 spiro atoms. The van der Waals surface area contributed by atoms with Crippen LogP contribution in [0.25, 0.3) is 22.4 Å². The first kappa shape index (κ1) is 22.0. The minimum atomic E-state index is -0.285. The summed E-state index contributed by atoms with van der Waals surface area (Å²) in [6.07, 6.45) is 12.0. The number of fused-ring (bicyclic) bond motifs is 1. The van der Waals surface area contributed by atoms with Crippen molar-refractivity contribution in [2.75, 3.05) is 25.6 Å². The maximum absolute atomic E-state index is 13.5. The number of carbonyl (C=O) groups excluding carboxylic acids is 2. The Morgan fingerprint density at radius 3 is 2.71 bits per heavy atom. The number of rotatable bonds is 7. The number of nitrogens with one attached hydrogen (secondary N) is 2. The fraction of sp³-hybridized carbons (Fsp3) is 0.407. The number of hydrogen-bond acceptors (Lipinski definition) is 5. The van der Waals surface area contributed by atoms with Crippen molar-refractivity contribution >= 4 is 28.5 Å². The topological polar surface area (TPSA) is 98.1 Å². The van der Waals surface area contributed by atoms with Gasteiger partial charge in [0.05, 0.1) is 16.6 Å². The van der Waals surface area contributed by atoms with Crippen molar-refractivity contribution in [1.29, 1.82) is 0 Å². The quantitative estimate of drug-likeness (QED) is 0.514. The zero-order chi connectivity index (χ0) is 24.2. The maximum Gasteiger partial charge on any atom is 0.253 e. The van der Waals surface area contributed by atoms with E-state index in [1.807, 2.05) is 23.7 Å². The van der Waals surface area contributed by atoms with E-state index in [0.717, 1.165) is 23.3 Å². The molecule has 3 aliphatic rings. The predicted molar refractivity (Wildman–Crippen MR) is 133 cm³/mol. The van der Waals surface area contributed by atoms with E-state index >= 15 is 0 Å². The van der Waals surface area contributed by atoms with Crippen LogP contribution in [0.2, 0.25) is 0 Å². The van der Waals surface area contributed by atoms with E-state index in [0.29, 0.717) is 46.5 Å². The van der Waals surface area contributed by atoms with E-state index in [1.165, 1.54) is 20.0 Å². The lowest BCUT2D eigenvalue weighted by atomic mass is 9.89. The molecule has 2 amide bonds. The number of benzene rings is 1. The summed E-state index contributed by atoms with van der Waals surface area (Å²) in [5.41, 5.74) is 3.77. The third kappa shape index (κ3) is 3.63. The Morgan fingerprint density at radius 2 is 2.00 bits per heavy atom. The van der Waals surface area contributed by atoms with Crippen LogP contribution >= 0.6 is 0 Å². The van der Waals surface area contributed by atoms with Gasteiger partial charge in [-0.1, -0.05) is 12.2 Å². The molecule has 0 aliphatic heterocycles. The minimum absolute atomic E-state index is 0.0659. The summed E-state index contributed by atoms with van der Waals surface area (Å²) >= 11 is 0. The number of anilines is 1. The average Bonchev–Trinajstić information content (AvgIpc) is 3.41. The van der Waals surface area contributed by atoms with E-state index in [1.54, 1.807) is 24.5 Å². The molecular formula is C27H29N5O3. The normalized spacial score (nSPS) is 23.2. The molecule has 2 bridgehead atoms. The largest absolute Gasteiger partial charge is 0.375 e. The fourth-order valence-electron chi connectivity index (χ4n) is 6.36. The molecular weight excluding hydrogens is 442 g/mol. The standard InChI is InChI=1S/C27H29N5O3/c1-32-24-20(26(34)29-14-17-11-18-3-4-21(17)27(18)7-8-27)12-19(30-23(33)15-35-2)13-22(24)31-25(32)16-5-9-28-10-6-16/h3-6,9-10,12-13,17-18,21H,7-8,11,14-15H2,1-2H3,(H,29,34)(H,30,33)/t17-,18-,21+/m1/s1. The minimum Gasteiger partial charge on any atom is -0.375 e. The van der Waals surface area contributed by atoms with Gasteiger partial charge < -0.3 is 19.9 Å². The summed E-state index contributed by atoms with van der Waals surface area (Å²) in [5, 5.41) is 6.03. The van der Waals surface area contributed by atoms with Crippen molar-refractivity contribution in [3.05, 3.63) is 54.4 Å². The number of methoxy groups -OCH3 is 1. The zero-order valence-corrected chi connectivity index (χ0v) is 20.0. The molecule has 8 nitrogen and oxygen atoms in total. The van der Waals surface area contributed by atoms with Crippen LogP contribution in [-0.2, 0) is 16.6 Å². The fourth-order valence-corrected chi connectivity index (χ4v) is 6.36. The summed E-state index contributed by atoms with van der Waals surface area (Å²) in [7, 11) is 3.38. The van der Waals surface area contributed by atoms with E-state index in [2.05, 4.69) is 27.8 Å². The lowest BCUT2D eigenvalue weighted by Gasteiger charge is -2.20. The lowest BCUT2D eigenvalue weighted by molar-refractivity contribution is -0.119. The van der Waals surface area contributed by atoms with Crippen LogP contribution in [0.4, 0.5) is 5.69 Å². The number of allylic oxidation sites excluding steroid dienone is 2. The molecule has 2 heterocycles. The summed E-state index contributed by atoms with van der Waals surface area (Å²) in [5.74, 6) is 2.04. The van der Waals surface area contributed by atoms with Crippen LogP contribution < -0.4 is 10.6 Å². The monoisotopic (exact) mass is 471 g/mol. The van der Waals surface area contributed by atoms with Crippen molar-refractivity contribution in [3.8, 4) is 11.4 Å². The van der Waals surface area contributed by atoms with Gasteiger partial charge in [-0.25, -0.2) is 4.98 Å². The van der Waals surface area contributed by atoms with Crippen LogP contribution in [0.3, 0.4) is 0 Å². The highest BCUT2D eigenvalue weighted by atomic mass is 16.5. The van der Waals surface area contributed by atoms with Gasteiger partial charge in [0.15, 0.2) is 0 Å². The number of hydrogen-bond donors (Lipinski definition) is 2. The highest BCUT2D eigenvalue weighted by Crippen LogP contribution is 2.69. The molecule has 180 valence electrons. The molecule has 0 radical (unpaired) electrons. The second-order valence-electron chi connectivity index (χ2n) is 10.1. The first-order valence-electron chi connectivity index (χ1n) is 12.2. The van der Waals surface area contributed by atoms with Crippen LogP contribution in [0, 0.1) is 23.2 Å². The van der Waals surface area contributed by atoms with Gasteiger partial charge in [-0.15, -0.1) is 0 Å². The third-order valence-electron chi connectivity index (χ3n) is 8.08. The average molecular weight is 472 g/mol. The Hall–Kier alpha value is -3.52. The summed E-state index contributed by atoms with van der Waals surface area (Å²) in [6, 6.07) is 7.30. The number of carbonyl (C=O) groups is 2. The highest BCUT2D eigenvalue weighted by Gasteiger charge is 2.62. The van der Waals surface area contributed by atoms with Crippen LogP contribution in [-0.4, -0.2) is 46.6 Å². The van der Waals surface area contributed by atoms with Gasteiger partial charge in [-0.2, -0.15) is 0 Å². The molecule has 8 heteroatoms. The van der Waals surface area contributed by atoms with Crippen molar-refractivity contribution in [3.63, 3.8) is 0 Å². The molecule has 2 aromatic heterocycles. The van der Waals surface area contributed by atoms with Crippen molar-refractivity contribution in [2.24, 2.45) is 30.2 Å². The predicted octanol–water partition coefficient (Wildman–Crippen LogP) is 3.55. The Balaban J connectivity index is 1.32. The Kier molecular flexibility index (Phi) is 5.21. The zero-order valence-electron chi connectivity index (χ0n) is 20.0. The van der Waals surface area contributed by atoms with Gasteiger partial charge in [0.25, 0.3) is 5.91 Å². The van der Waals surface area contributed by atoms with Gasteiger partial charge in [-0.05, 0) is 66.7 Å². The number of aromatic nitrogens is 3. The van der Waals surface area contributed by atoms with E-state index in [9.17, 15) is 9.59 Å². The Bertz CT molecular complexity index is 1340. The number of imidazole rings is 1. The first-order valence-corrected chi connectivity index (χ1v) is 12.2. The maximum atomic E-state index is 13.5. The number of ether oxygens (including phenoxy) is 1. The number of amides is 2. The van der Waals surface area contributed by atoms with E-state index in [4.69, 9.17) is 9.72 Å². The Labute approximate surface area is 203 Å². The lowest BCUT2D eigenvalue weighted by Crippen LogP contribution is -2.32.